The highest BCUT2D eigenvalue weighted by Gasteiger charge is 2.52. The SMILES string of the molecule is CS(=O)(=O)N1CCN(CC(O)CN2[C@@H]3C[CH]C[C@@]2(C(N)=O)CC3)CC1. The molecule has 25 heavy (non-hydrogen) atoms. The first-order chi connectivity index (χ1) is 11.7. The van der Waals surface area contributed by atoms with Crippen molar-refractivity contribution in [3.63, 3.8) is 0 Å². The third kappa shape index (κ3) is 3.85. The molecule has 0 saturated carbocycles. The Hall–Kier alpha value is -0.740. The molecule has 3 aliphatic heterocycles. The number of aliphatic hydroxyl groups is 1. The number of carbonyl (C=O) groups excluding carboxylic acids is 1. The van der Waals surface area contributed by atoms with Crippen molar-refractivity contribution in [2.45, 2.75) is 43.4 Å². The number of carbonyl (C=O) groups is 1. The van der Waals surface area contributed by atoms with Gasteiger partial charge in [-0.25, -0.2) is 8.42 Å². The van der Waals surface area contributed by atoms with Gasteiger partial charge in [-0.1, -0.05) is 0 Å². The summed E-state index contributed by atoms with van der Waals surface area (Å²) >= 11 is 0. The van der Waals surface area contributed by atoms with E-state index in [2.05, 4.69) is 16.2 Å². The summed E-state index contributed by atoms with van der Waals surface area (Å²) in [5, 5.41) is 10.6. The number of fused-ring (bicyclic) bond motifs is 2. The summed E-state index contributed by atoms with van der Waals surface area (Å²) < 4.78 is 24.6. The van der Waals surface area contributed by atoms with Crippen LogP contribution in [0.15, 0.2) is 0 Å². The maximum atomic E-state index is 12.1. The topological polar surface area (TPSA) is 107 Å². The van der Waals surface area contributed by atoms with Gasteiger partial charge in [-0.05, 0) is 32.1 Å². The van der Waals surface area contributed by atoms with Gasteiger partial charge in [0.05, 0.1) is 12.4 Å². The number of amides is 1. The molecule has 2 bridgehead atoms. The number of piperazine rings is 1. The molecule has 1 amide bonds. The third-order valence-electron chi connectivity index (χ3n) is 5.94. The lowest BCUT2D eigenvalue weighted by Crippen LogP contribution is -2.60. The number of rotatable bonds is 6. The van der Waals surface area contributed by atoms with Gasteiger partial charge in [-0.2, -0.15) is 4.31 Å². The molecule has 3 rings (SSSR count). The van der Waals surface area contributed by atoms with Gasteiger partial charge in [0.25, 0.3) is 0 Å². The highest BCUT2D eigenvalue weighted by atomic mass is 32.2. The Morgan fingerprint density at radius 2 is 2.00 bits per heavy atom. The van der Waals surface area contributed by atoms with Crippen molar-refractivity contribution < 1.29 is 18.3 Å². The van der Waals surface area contributed by atoms with Crippen molar-refractivity contribution >= 4 is 15.9 Å². The second kappa shape index (κ2) is 7.11. The van der Waals surface area contributed by atoms with Crippen LogP contribution in [0.1, 0.15) is 25.7 Å². The largest absolute Gasteiger partial charge is 0.390 e. The van der Waals surface area contributed by atoms with Gasteiger partial charge in [0.2, 0.25) is 15.9 Å². The van der Waals surface area contributed by atoms with Gasteiger partial charge in [0.15, 0.2) is 0 Å². The van der Waals surface area contributed by atoms with Crippen molar-refractivity contribution in [1.29, 1.82) is 0 Å². The number of hydrogen-bond donors (Lipinski definition) is 2. The number of primary amides is 1. The normalized spacial score (nSPS) is 33.4. The zero-order chi connectivity index (χ0) is 18.2. The van der Waals surface area contributed by atoms with E-state index in [1.165, 1.54) is 10.6 Å². The monoisotopic (exact) mass is 373 g/mol. The van der Waals surface area contributed by atoms with E-state index in [-0.39, 0.29) is 11.9 Å². The van der Waals surface area contributed by atoms with E-state index in [0.29, 0.717) is 45.7 Å². The summed E-state index contributed by atoms with van der Waals surface area (Å²) in [6, 6.07) is 0.290. The lowest BCUT2D eigenvalue weighted by molar-refractivity contribution is -0.131. The highest BCUT2D eigenvalue weighted by molar-refractivity contribution is 7.88. The van der Waals surface area contributed by atoms with Gasteiger partial charge in [0, 0.05) is 45.3 Å². The predicted octanol–water partition coefficient (Wildman–Crippen LogP) is -1.39. The fraction of sp³-hybridized carbons (Fsp3) is 0.875. The second-order valence-corrected chi connectivity index (χ2v) is 9.57. The van der Waals surface area contributed by atoms with E-state index < -0.39 is 21.7 Å². The van der Waals surface area contributed by atoms with Crippen molar-refractivity contribution in [1.82, 2.24) is 14.1 Å². The van der Waals surface area contributed by atoms with E-state index >= 15 is 0 Å². The number of nitrogens with zero attached hydrogens (tertiary/aromatic N) is 3. The Kier molecular flexibility index (Phi) is 5.41. The van der Waals surface area contributed by atoms with Gasteiger partial charge < -0.3 is 10.8 Å². The molecule has 0 aliphatic carbocycles. The summed E-state index contributed by atoms with van der Waals surface area (Å²) in [7, 11) is -3.14. The van der Waals surface area contributed by atoms with E-state index in [0.717, 1.165) is 19.3 Å². The van der Waals surface area contributed by atoms with Crippen molar-refractivity contribution in [2.75, 3.05) is 45.5 Å². The van der Waals surface area contributed by atoms with Crippen LogP contribution in [0, 0.1) is 6.42 Å². The molecule has 3 atom stereocenters. The Bertz CT molecular complexity index is 601. The average molecular weight is 373 g/mol. The summed E-state index contributed by atoms with van der Waals surface area (Å²) in [6.07, 6.45) is 6.11. The molecule has 1 unspecified atom stereocenters. The van der Waals surface area contributed by atoms with E-state index in [1.54, 1.807) is 0 Å². The van der Waals surface area contributed by atoms with E-state index in [9.17, 15) is 18.3 Å². The van der Waals surface area contributed by atoms with E-state index in [4.69, 9.17) is 5.73 Å². The molecule has 0 aromatic heterocycles. The van der Waals surface area contributed by atoms with Gasteiger partial charge in [0.1, 0.15) is 5.54 Å². The molecule has 1 radical (unpaired) electrons. The van der Waals surface area contributed by atoms with E-state index in [1.807, 2.05) is 0 Å². The van der Waals surface area contributed by atoms with Crippen LogP contribution in [0.3, 0.4) is 0 Å². The Morgan fingerprint density at radius 3 is 2.60 bits per heavy atom. The number of β-amino-alcohol motifs (C(OH)–C–C–N with tert-alkyl or cyclic N) is 1. The number of aliphatic hydroxyl groups excluding tert-OH is 1. The lowest BCUT2D eigenvalue weighted by atomic mass is 9.87. The van der Waals surface area contributed by atoms with Crippen LogP contribution in [0.25, 0.3) is 0 Å². The van der Waals surface area contributed by atoms with Gasteiger partial charge in [-0.3, -0.25) is 14.6 Å². The zero-order valence-electron chi connectivity index (χ0n) is 14.8. The molecular formula is C16H29N4O4S. The molecule has 3 aliphatic rings. The first-order valence-corrected chi connectivity index (χ1v) is 10.8. The third-order valence-corrected chi connectivity index (χ3v) is 7.24. The number of hydrogen-bond acceptors (Lipinski definition) is 6. The lowest BCUT2D eigenvalue weighted by Gasteiger charge is -2.44. The highest BCUT2D eigenvalue weighted by Crippen LogP contribution is 2.43. The Labute approximate surface area is 150 Å². The fourth-order valence-electron chi connectivity index (χ4n) is 4.55. The molecule has 8 nitrogen and oxygen atoms in total. The molecule has 143 valence electrons. The van der Waals surface area contributed by atoms with Crippen molar-refractivity contribution in [3.05, 3.63) is 6.42 Å². The van der Waals surface area contributed by atoms with Crippen LogP contribution in [0.2, 0.25) is 0 Å². The summed E-state index contributed by atoms with van der Waals surface area (Å²) in [4.78, 5) is 16.3. The minimum Gasteiger partial charge on any atom is -0.390 e. The molecule has 3 fully saturated rings. The number of piperidine rings is 1. The maximum Gasteiger partial charge on any atom is 0.237 e. The number of sulfonamides is 1. The smallest absolute Gasteiger partial charge is 0.237 e. The molecule has 3 N–H and O–H groups in total. The average Bonchev–Trinajstić information content (AvgIpc) is 2.74. The number of nitrogens with two attached hydrogens (primary N) is 1. The molecule has 9 heteroatoms. The van der Waals surface area contributed by atoms with Crippen LogP contribution >= 0.6 is 0 Å². The first-order valence-electron chi connectivity index (χ1n) is 8.96. The fourth-order valence-corrected chi connectivity index (χ4v) is 5.38. The molecule has 3 saturated heterocycles. The van der Waals surface area contributed by atoms with Crippen molar-refractivity contribution in [3.8, 4) is 0 Å². The van der Waals surface area contributed by atoms with Crippen LogP contribution in [-0.4, -0.2) is 96.7 Å². The quantitative estimate of drug-likeness (QED) is 0.594. The summed E-state index contributed by atoms with van der Waals surface area (Å²) in [5.74, 6) is -0.292. The van der Waals surface area contributed by atoms with Crippen LogP contribution in [0.4, 0.5) is 0 Å². The summed E-state index contributed by atoms with van der Waals surface area (Å²) in [6.45, 7) is 3.06. The predicted molar refractivity (Wildman–Crippen MR) is 94.1 cm³/mol. The minimum absolute atomic E-state index is 0.290. The van der Waals surface area contributed by atoms with Gasteiger partial charge >= 0.3 is 0 Å². The summed E-state index contributed by atoms with van der Waals surface area (Å²) in [5.41, 5.74) is 5.06. The molecule has 0 spiro atoms. The Balaban J connectivity index is 1.55. The van der Waals surface area contributed by atoms with Crippen LogP contribution in [0.5, 0.6) is 0 Å². The van der Waals surface area contributed by atoms with Crippen LogP contribution < -0.4 is 5.73 Å². The first kappa shape index (κ1) is 19.0. The van der Waals surface area contributed by atoms with Crippen LogP contribution in [-0.2, 0) is 14.8 Å². The van der Waals surface area contributed by atoms with Gasteiger partial charge in [-0.15, -0.1) is 0 Å². The molecule has 0 aromatic carbocycles. The minimum atomic E-state index is -3.14. The van der Waals surface area contributed by atoms with Crippen molar-refractivity contribution in [2.24, 2.45) is 5.73 Å². The molecule has 0 aromatic rings. The molecular weight excluding hydrogens is 344 g/mol. The second-order valence-electron chi connectivity index (χ2n) is 7.59. The Morgan fingerprint density at radius 1 is 1.32 bits per heavy atom. The maximum absolute atomic E-state index is 12.1. The zero-order valence-corrected chi connectivity index (χ0v) is 15.6. The standard InChI is InChI=1S/C16H29N4O4S/c1-25(23,24)19-9-7-18(8-10-19)11-14(21)12-20-13-3-2-5-16(20,6-4-13)15(17)22/h2,13-14,21H,3-12H2,1H3,(H2,17,22)/t13-,14?,16+/m1/s1. The molecule has 3 heterocycles.